The molecule has 0 atom stereocenters. The molecule has 148 valence electrons. The number of hydrogen-bond donors (Lipinski definition) is 1. The third-order valence-corrected chi connectivity index (χ3v) is 5.43. The number of fused-ring (bicyclic) bond motifs is 1. The monoisotopic (exact) mass is 385 g/mol. The van der Waals surface area contributed by atoms with E-state index in [2.05, 4.69) is 63.7 Å². The summed E-state index contributed by atoms with van der Waals surface area (Å²) < 4.78 is 0. The standard InChI is InChI=1S/C25H27N3O/c29-25(10-5-8-23-7-3-4-16-26-23)27-18-20-11-13-21(14-12-20)19-28-17-15-22-6-1-2-9-24(22)28/h1-4,6-7,9,11-14,16H,5,8,10,15,17-19H2,(H,27,29). The second-order valence-electron chi connectivity index (χ2n) is 7.57. The lowest BCUT2D eigenvalue weighted by molar-refractivity contribution is -0.121. The van der Waals surface area contributed by atoms with E-state index in [-0.39, 0.29) is 5.91 Å². The Hall–Kier alpha value is -3.14. The molecule has 2 aromatic carbocycles. The number of carbonyl (C=O) groups is 1. The van der Waals surface area contributed by atoms with Gasteiger partial charge in [-0.3, -0.25) is 9.78 Å². The lowest BCUT2D eigenvalue weighted by Crippen LogP contribution is -2.22. The van der Waals surface area contributed by atoms with Crippen LogP contribution >= 0.6 is 0 Å². The van der Waals surface area contributed by atoms with Crippen molar-refractivity contribution in [3.63, 3.8) is 0 Å². The van der Waals surface area contributed by atoms with Crippen LogP contribution < -0.4 is 10.2 Å². The van der Waals surface area contributed by atoms with Crippen LogP contribution in [0.4, 0.5) is 5.69 Å². The highest BCUT2D eigenvalue weighted by molar-refractivity contribution is 5.75. The van der Waals surface area contributed by atoms with Crippen molar-refractivity contribution in [1.29, 1.82) is 0 Å². The van der Waals surface area contributed by atoms with Gasteiger partial charge in [0.25, 0.3) is 0 Å². The zero-order valence-corrected chi connectivity index (χ0v) is 16.7. The molecule has 1 N–H and O–H groups in total. The van der Waals surface area contributed by atoms with Gasteiger partial charge in [0.1, 0.15) is 0 Å². The molecule has 0 bridgehead atoms. The van der Waals surface area contributed by atoms with Crippen LogP contribution in [-0.2, 0) is 30.7 Å². The van der Waals surface area contributed by atoms with Gasteiger partial charge in [-0.15, -0.1) is 0 Å². The molecule has 3 aromatic rings. The number of benzene rings is 2. The van der Waals surface area contributed by atoms with Gasteiger partial charge in [-0.05, 0) is 54.2 Å². The van der Waals surface area contributed by atoms with Crippen LogP contribution in [0.25, 0.3) is 0 Å². The van der Waals surface area contributed by atoms with Crippen molar-refractivity contribution in [3.8, 4) is 0 Å². The third kappa shape index (κ3) is 5.23. The molecule has 4 nitrogen and oxygen atoms in total. The number of pyridine rings is 1. The number of rotatable bonds is 8. The summed E-state index contributed by atoms with van der Waals surface area (Å²) in [7, 11) is 0. The number of aryl methyl sites for hydroxylation is 1. The Morgan fingerprint density at radius 2 is 1.76 bits per heavy atom. The summed E-state index contributed by atoms with van der Waals surface area (Å²) in [5.41, 5.74) is 6.27. The molecule has 4 rings (SSSR count). The Bertz CT molecular complexity index is 938. The van der Waals surface area contributed by atoms with E-state index in [4.69, 9.17) is 0 Å². The third-order valence-electron chi connectivity index (χ3n) is 5.43. The number of hydrogen-bond acceptors (Lipinski definition) is 3. The molecule has 0 spiro atoms. The predicted octanol–water partition coefficient (Wildman–Crippen LogP) is 4.28. The lowest BCUT2D eigenvalue weighted by Gasteiger charge is -2.19. The van der Waals surface area contributed by atoms with Crippen molar-refractivity contribution >= 4 is 11.6 Å². The summed E-state index contributed by atoms with van der Waals surface area (Å²) >= 11 is 0. The minimum atomic E-state index is 0.0960. The molecule has 0 saturated heterocycles. The minimum absolute atomic E-state index is 0.0960. The first-order valence-corrected chi connectivity index (χ1v) is 10.4. The molecule has 29 heavy (non-hydrogen) atoms. The maximum absolute atomic E-state index is 12.1. The van der Waals surface area contributed by atoms with Gasteiger partial charge >= 0.3 is 0 Å². The molecule has 0 radical (unpaired) electrons. The number of nitrogens with one attached hydrogen (secondary N) is 1. The molecule has 0 saturated carbocycles. The second-order valence-corrected chi connectivity index (χ2v) is 7.57. The van der Waals surface area contributed by atoms with Crippen LogP contribution in [0, 0.1) is 0 Å². The van der Waals surface area contributed by atoms with Gasteiger partial charge in [-0.25, -0.2) is 0 Å². The van der Waals surface area contributed by atoms with Gasteiger partial charge in [0.15, 0.2) is 0 Å². The second kappa shape index (κ2) is 9.37. The number of para-hydroxylation sites is 1. The Morgan fingerprint density at radius 3 is 2.59 bits per heavy atom. The Labute approximate surface area is 172 Å². The Morgan fingerprint density at radius 1 is 0.966 bits per heavy atom. The molecular formula is C25H27N3O. The first-order valence-electron chi connectivity index (χ1n) is 10.4. The van der Waals surface area contributed by atoms with E-state index in [9.17, 15) is 4.79 Å². The van der Waals surface area contributed by atoms with Crippen molar-refractivity contribution in [2.24, 2.45) is 0 Å². The normalized spacial score (nSPS) is 12.6. The van der Waals surface area contributed by atoms with Gasteiger partial charge < -0.3 is 10.2 Å². The van der Waals surface area contributed by atoms with Crippen molar-refractivity contribution in [1.82, 2.24) is 10.3 Å². The highest BCUT2D eigenvalue weighted by Crippen LogP contribution is 2.28. The van der Waals surface area contributed by atoms with Crippen LogP contribution in [0.5, 0.6) is 0 Å². The summed E-state index contributed by atoms with van der Waals surface area (Å²) in [6, 6.07) is 23.1. The fraction of sp³-hybridized carbons (Fsp3) is 0.280. The maximum Gasteiger partial charge on any atom is 0.220 e. The van der Waals surface area contributed by atoms with E-state index < -0.39 is 0 Å². The van der Waals surface area contributed by atoms with Crippen LogP contribution in [0.1, 0.15) is 35.2 Å². The smallest absolute Gasteiger partial charge is 0.220 e. The summed E-state index contributed by atoms with van der Waals surface area (Å²) in [4.78, 5) is 18.8. The highest BCUT2D eigenvalue weighted by Gasteiger charge is 2.18. The summed E-state index contributed by atoms with van der Waals surface area (Å²) in [5.74, 6) is 0.0960. The fourth-order valence-electron chi connectivity index (χ4n) is 3.82. The molecular weight excluding hydrogens is 358 g/mol. The van der Waals surface area contributed by atoms with Crippen molar-refractivity contribution < 1.29 is 4.79 Å². The van der Waals surface area contributed by atoms with Gasteiger partial charge in [-0.2, -0.15) is 0 Å². The molecule has 2 heterocycles. The Kier molecular flexibility index (Phi) is 6.20. The van der Waals surface area contributed by atoms with E-state index >= 15 is 0 Å². The number of aromatic nitrogens is 1. The summed E-state index contributed by atoms with van der Waals surface area (Å²) in [6.07, 6.45) is 5.10. The first kappa shape index (κ1) is 19.2. The van der Waals surface area contributed by atoms with Crippen molar-refractivity contribution in [2.75, 3.05) is 11.4 Å². The average molecular weight is 386 g/mol. The number of carbonyl (C=O) groups excluding carboxylic acids is 1. The summed E-state index contributed by atoms with van der Waals surface area (Å²) in [6.45, 7) is 2.59. The van der Waals surface area contributed by atoms with Gasteiger partial charge in [0.2, 0.25) is 5.91 Å². The van der Waals surface area contributed by atoms with E-state index in [1.54, 1.807) is 6.20 Å². The van der Waals surface area contributed by atoms with Crippen LogP contribution in [0.3, 0.4) is 0 Å². The number of nitrogens with zero attached hydrogens (tertiary/aromatic N) is 2. The van der Waals surface area contributed by atoms with E-state index in [0.717, 1.165) is 43.6 Å². The molecule has 0 aliphatic carbocycles. The molecule has 1 aliphatic rings. The van der Waals surface area contributed by atoms with Gasteiger partial charge in [0.05, 0.1) is 0 Å². The largest absolute Gasteiger partial charge is 0.367 e. The molecule has 0 unspecified atom stereocenters. The SMILES string of the molecule is O=C(CCCc1ccccn1)NCc1ccc(CN2CCc3ccccc32)cc1. The van der Waals surface area contributed by atoms with E-state index in [0.29, 0.717) is 13.0 Å². The quantitative estimate of drug-likeness (QED) is 0.629. The lowest BCUT2D eigenvalue weighted by atomic mass is 10.1. The summed E-state index contributed by atoms with van der Waals surface area (Å²) in [5, 5.41) is 3.02. The predicted molar refractivity (Wildman–Crippen MR) is 117 cm³/mol. The van der Waals surface area contributed by atoms with Crippen molar-refractivity contribution in [2.45, 2.75) is 38.8 Å². The minimum Gasteiger partial charge on any atom is -0.367 e. The molecule has 1 amide bonds. The van der Waals surface area contributed by atoms with Gasteiger partial charge in [-0.1, -0.05) is 48.5 Å². The maximum atomic E-state index is 12.1. The average Bonchev–Trinajstić information content (AvgIpc) is 3.17. The van der Waals surface area contributed by atoms with Crippen molar-refractivity contribution in [3.05, 3.63) is 95.3 Å². The highest BCUT2D eigenvalue weighted by atomic mass is 16.1. The number of anilines is 1. The topological polar surface area (TPSA) is 45.2 Å². The number of amides is 1. The zero-order chi connectivity index (χ0) is 19.9. The fourth-order valence-corrected chi connectivity index (χ4v) is 3.82. The molecule has 4 heteroatoms. The molecule has 0 fully saturated rings. The van der Waals surface area contributed by atoms with Crippen LogP contribution in [0.15, 0.2) is 72.9 Å². The Balaban J connectivity index is 1.21. The zero-order valence-electron chi connectivity index (χ0n) is 16.7. The van der Waals surface area contributed by atoms with Crippen LogP contribution in [-0.4, -0.2) is 17.4 Å². The molecule has 1 aliphatic heterocycles. The molecule has 1 aromatic heterocycles. The first-order chi connectivity index (χ1) is 14.3. The van der Waals surface area contributed by atoms with E-state index in [1.807, 2.05) is 18.2 Å². The van der Waals surface area contributed by atoms with Crippen LogP contribution in [0.2, 0.25) is 0 Å². The van der Waals surface area contributed by atoms with E-state index in [1.165, 1.54) is 16.8 Å². The van der Waals surface area contributed by atoms with Gasteiger partial charge in [0, 0.05) is 43.6 Å².